The molecule has 0 aliphatic rings. The predicted octanol–water partition coefficient (Wildman–Crippen LogP) is 2.22. The maximum atomic E-state index is 12.1. The van der Waals surface area contributed by atoms with Crippen LogP contribution in [0.4, 0.5) is 11.5 Å². The molecule has 0 aliphatic carbocycles. The fourth-order valence-electron chi connectivity index (χ4n) is 2.37. The largest absolute Gasteiger partial charge is 0.462 e. The van der Waals surface area contributed by atoms with E-state index in [4.69, 9.17) is 22.1 Å². The molecule has 0 spiro atoms. The van der Waals surface area contributed by atoms with E-state index >= 15 is 0 Å². The number of nitro benzene ring substituents is 1. The fraction of sp³-hybridized carbons (Fsp3) is 0.200. The number of fused-ring (bicyclic) bond motifs is 1. The van der Waals surface area contributed by atoms with E-state index in [2.05, 4.69) is 15.0 Å². The second-order valence-corrected chi connectivity index (χ2v) is 5.71. The second kappa shape index (κ2) is 7.31. The number of anilines is 1. The second-order valence-electron chi connectivity index (χ2n) is 5.28. The van der Waals surface area contributed by atoms with Crippen molar-refractivity contribution in [2.24, 2.45) is 0 Å². The number of esters is 1. The summed E-state index contributed by atoms with van der Waals surface area (Å²) < 4.78 is 6.87. The highest BCUT2D eigenvalue weighted by molar-refractivity contribution is 6.31. The van der Waals surface area contributed by atoms with E-state index in [0.29, 0.717) is 24.1 Å². The van der Waals surface area contributed by atoms with Gasteiger partial charge in [-0.25, -0.2) is 19.7 Å². The van der Waals surface area contributed by atoms with Crippen molar-refractivity contribution in [1.82, 2.24) is 19.5 Å². The van der Waals surface area contributed by atoms with Crippen LogP contribution < -0.4 is 5.73 Å². The summed E-state index contributed by atoms with van der Waals surface area (Å²) >= 11 is 5.80. The van der Waals surface area contributed by atoms with Gasteiger partial charge in [0.25, 0.3) is 5.69 Å². The van der Waals surface area contributed by atoms with Gasteiger partial charge >= 0.3 is 5.97 Å². The summed E-state index contributed by atoms with van der Waals surface area (Å²) in [5.41, 5.74) is 6.26. The first-order chi connectivity index (χ1) is 12.5. The average Bonchev–Trinajstić information content (AvgIpc) is 3.02. The quantitative estimate of drug-likeness (QED) is 0.299. The van der Waals surface area contributed by atoms with Crippen LogP contribution in [0.3, 0.4) is 0 Å². The molecule has 0 bridgehead atoms. The van der Waals surface area contributed by atoms with E-state index in [1.54, 1.807) is 10.9 Å². The Hall–Kier alpha value is -3.27. The van der Waals surface area contributed by atoms with Crippen molar-refractivity contribution in [3.8, 4) is 0 Å². The molecule has 0 amide bonds. The van der Waals surface area contributed by atoms with Crippen molar-refractivity contribution >= 4 is 40.2 Å². The molecule has 11 heteroatoms. The number of nitro groups is 1. The highest BCUT2D eigenvalue weighted by Gasteiger charge is 2.21. The van der Waals surface area contributed by atoms with Crippen LogP contribution in [0.1, 0.15) is 16.8 Å². The molecule has 1 aromatic carbocycles. The smallest absolute Gasteiger partial charge is 0.345 e. The van der Waals surface area contributed by atoms with Gasteiger partial charge < -0.3 is 15.0 Å². The van der Waals surface area contributed by atoms with Crippen LogP contribution in [0.25, 0.3) is 11.2 Å². The minimum absolute atomic E-state index is 0.0583. The molecular formula is C15H13ClN6O4. The molecule has 3 rings (SSSR count). The number of hydrogen-bond donors (Lipinski definition) is 1. The Morgan fingerprint density at radius 3 is 2.92 bits per heavy atom. The van der Waals surface area contributed by atoms with Crippen LogP contribution in [0.15, 0.2) is 30.9 Å². The number of ether oxygens (including phenoxy) is 1. The molecule has 0 saturated heterocycles. The topological polar surface area (TPSA) is 139 Å². The Labute approximate surface area is 151 Å². The molecule has 0 atom stereocenters. The lowest BCUT2D eigenvalue weighted by Gasteiger charge is -2.07. The van der Waals surface area contributed by atoms with Crippen LogP contribution in [0, 0.1) is 10.1 Å². The van der Waals surface area contributed by atoms with Crippen molar-refractivity contribution in [2.45, 2.75) is 13.0 Å². The highest BCUT2D eigenvalue weighted by Crippen LogP contribution is 2.23. The van der Waals surface area contributed by atoms with Crippen molar-refractivity contribution in [3.63, 3.8) is 0 Å². The summed E-state index contributed by atoms with van der Waals surface area (Å²) in [6.45, 7) is 0.528. The maximum absolute atomic E-state index is 12.1. The normalized spacial score (nSPS) is 10.8. The van der Waals surface area contributed by atoms with Gasteiger partial charge in [0.2, 0.25) is 0 Å². The maximum Gasteiger partial charge on any atom is 0.345 e. The van der Waals surface area contributed by atoms with Gasteiger partial charge in [0.15, 0.2) is 11.5 Å². The Kier molecular flexibility index (Phi) is 4.94. The third kappa shape index (κ3) is 3.54. The molecule has 2 heterocycles. The number of hydrogen-bond acceptors (Lipinski definition) is 8. The Morgan fingerprint density at radius 2 is 2.15 bits per heavy atom. The first-order valence-electron chi connectivity index (χ1n) is 7.49. The lowest BCUT2D eigenvalue weighted by molar-refractivity contribution is -0.385. The zero-order valence-electron chi connectivity index (χ0n) is 13.3. The zero-order valence-corrected chi connectivity index (χ0v) is 14.1. The van der Waals surface area contributed by atoms with E-state index in [9.17, 15) is 14.9 Å². The molecule has 2 aromatic heterocycles. The van der Waals surface area contributed by atoms with Gasteiger partial charge in [-0.15, -0.1) is 0 Å². The van der Waals surface area contributed by atoms with E-state index < -0.39 is 10.9 Å². The fourth-order valence-corrected chi connectivity index (χ4v) is 2.54. The van der Waals surface area contributed by atoms with Gasteiger partial charge in [0, 0.05) is 17.6 Å². The Balaban J connectivity index is 1.62. The lowest BCUT2D eigenvalue weighted by Crippen LogP contribution is -2.11. The number of nitrogen functional groups attached to an aromatic ring is 1. The van der Waals surface area contributed by atoms with Crippen molar-refractivity contribution in [2.75, 3.05) is 12.3 Å². The molecule has 26 heavy (non-hydrogen) atoms. The zero-order chi connectivity index (χ0) is 18.7. The number of aromatic nitrogens is 4. The summed E-state index contributed by atoms with van der Waals surface area (Å²) in [7, 11) is 0. The number of carbonyl (C=O) groups is 1. The first kappa shape index (κ1) is 17.5. The van der Waals surface area contributed by atoms with E-state index in [0.717, 1.165) is 0 Å². The minimum Gasteiger partial charge on any atom is -0.462 e. The number of imidazole rings is 1. The number of rotatable bonds is 6. The average molecular weight is 377 g/mol. The van der Waals surface area contributed by atoms with Gasteiger partial charge in [-0.3, -0.25) is 10.1 Å². The monoisotopic (exact) mass is 376 g/mol. The summed E-state index contributed by atoms with van der Waals surface area (Å²) in [6, 6.07) is 3.72. The van der Waals surface area contributed by atoms with Gasteiger partial charge in [-0.2, -0.15) is 0 Å². The molecule has 2 N–H and O–H groups in total. The molecule has 3 aromatic rings. The summed E-state index contributed by atoms with van der Waals surface area (Å²) in [4.78, 5) is 34.5. The van der Waals surface area contributed by atoms with E-state index in [-0.39, 0.29) is 28.7 Å². The lowest BCUT2D eigenvalue weighted by atomic mass is 10.2. The number of benzene rings is 1. The number of nitrogens with zero attached hydrogens (tertiary/aromatic N) is 5. The highest BCUT2D eigenvalue weighted by atomic mass is 35.5. The molecule has 0 fully saturated rings. The van der Waals surface area contributed by atoms with Gasteiger partial charge in [-0.05, 0) is 18.6 Å². The first-order valence-corrected chi connectivity index (χ1v) is 7.87. The minimum atomic E-state index is -0.804. The van der Waals surface area contributed by atoms with Crippen LogP contribution in [-0.2, 0) is 11.3 Å². The molecule has 10 nitrogen and oxygen atoms in total. The van der Waals surface area contributed by atoms with Crippen LogP contribution >= 0.6 is 11.6 Å². The standard InChI is InChI=1S/C15H13ClN6O4/c16-9-2-3-11(22(24)25)10(6-9)15(23)26-5-1-4-21-8-20-12-13(17)18-7-19-14(12)21/h2-3,6-8H,1,4-5H2,(H2,17,18,19). The van der Waals surface area contributed by atoms with Crippen LogP contribution in [0.2, 0.25) is 5.02 Å². The summed E-state index contributed by atoms with van der Waals surface area (Å²) in [6.07, 6.45) is 3.36. The van der Waals surface area contributed by atoms with Gasteiger partial charge in [0.1, 0.15) is 17.4 Å². The Morgan fingerprint density at radius 1 is 1.35 bits per heavy atom. The molecular weight excluding hydrogens is 364 g/mol. The molecule has 0 saturated carbocycles. The van der Waals surface area contributed by atoms with Gasteiger partial charge in [-0.1, -0.05) is 11.6 Å². The summed E-state index contributed by atoms with van der Waals surface area (Å²) in [5.74, 6) is -0.519. The SMILES string of the molecule is Nc1ncnc2c1ncn2CCCOC(=O)c1cc(Cl)ccc1[N+](=O)[O-]. The molecule has 134 valence electrons. The number of carbonyl (C=O) groups excluding carboxylic acids is 1. The summed E-state index contributed by atoms with van der Waals surface area (Å²) in [5, 5.41) is 11.2. The van der Waals surface area contributed by atoms with E-state index in [1.807, 2.05) is 0 Å². The van der Waals surface area contributed by atoms with Gasteiger partial charge in [0.05, 0.1) is 17.9 Å². The number of nitrogens with two attached hydrogens (primary N) is 1. The van der Waals surface area contributed by atoms with Crippen molar-refractivity contribution < 1.29 is 14.5 Å². The van der Waals surface area contributed by atoms with Crippen LogP contribution in [-0.4, -0.2) is 37.0 Å². The number of aryl methyl sites for hydroxylation is 1. The number of halogens is 1. The van der Waals surface area contributed by atoms with Crippen molar-refractivity contribution in [3.05, 3.63) is 51.6 Å². The third-order valence-electron chi connectivity index (χ3n) is 3.58. The molecule has 0 aliphatic heterocycles. The third-order valence-corrected chi connectivity index (χ3v) is 3.82. The van der Waals surface area contributed by atoms with Crippen molar-refractivity contribution in [1.29, 1.82) is 0 Å². The predicted molar refractivity (Wildman–Crippen MR) is 92.7 cm³/mol. The van der Waals surface area contributed by atoms with E-state index in [1.165, 1.54) is 24.5 Å². The molecule has 0 radical (unpaired) electrons. The van der Waals surface area contributed by atoms with Crippen LogP contribution in [0.5, 0.6) is 0 Å². The molecule has 0 unspecified atom stereocenters. The Bertz CT molecular complexity index is 989.